The van der Waals surface area contributed by atoms with Gasteiger partial charge >= 0.3 is 0 Å². The molecule has 138 valence electrons. The fourth-order valence-corrected chi connectivity index (χ4v) is 2.72. The third-order valence-corrected chi connectivity index (χ3v) is 4.22. The zero-order chi connectivity index (χ0) is 17.6. The molecule has 3 N–H and O–H groups in total. The number of benzene rings is 2. The molecule has 1 saturated heterocycles. The Labute approximate surface area is 157 Å². The topological polar surface area (TPSA) is 70.2 Å². The highest BCUT2D eigenvalue weighted by molar-refractivity contribution is 6.04. The standard InChI is InChI=1S/C19H20FN3O2.ClH/c20-16-5-3-14(4-6-16)19(25)23-17-7-1-13(2-8-17)11-22-18(24)15-9-10-21-12-15;/h1-8,15,21H,9-12H2,(H,22,24)(H,23,25);1H. The number of nitrogens with one attached hydrogen (secondary N) is 3. The van der Waals surface area contributed by atoms with E-state index in [-0.39, 0.29) is 36.0 Å². The van der Waals surface area contributed by atoms with E-state index in [4.69, 9.17) is 0 Å². The molecule has 2 aromatic carbocycles. The molecule has 2 aromatic rings. The Kier molecular flexibility index (Phi) is 7.12. The van der Waals surface area contributed by atoms with Gasteiger partial charge in [-0.15, -0.1) is 12.4 Å². The fourth-order valence-electron chi connectivity index (χ4n) is 2.72. The molecule has 2 amide bonds. The summed E-state index contributed by atoms with van der Waals surface area (Å²) in [5.74, 6) is -0.556. The van der Waals surface area contributed by atoms with Crippen molar-refractivity contribution in [1.82, 2.24) is 10.6 Å². The average molecular weight is 378 g/mol. The van der Waals surface area contributed by atoms with Crippen molar-refractivity contribution >= 4 is 29.9 Å². The van der Waals surface area contributed by atoms with Crippen LogP contribution in [0.15, 0.2) is 48.5 Å². The lowest BCUT2D eigenvalue weighted by molar-refractivity contribution is -0.124. The summed E-state index contributed by atoms with van der Waals surface area (Å²) in [6.45, 7) is 2.09. The van der Waals surface area contributed by atoms with Crippen molar-refractivity contribution in [2.24, 2.45) is 5.92 Å². The number of halogens is 2. The molecule has 5 nitrogen and oxygen atoms in total. The molecule has 7 heteroatoms. The number of anilines is 1. The van der Waals surface area contributed by atoms with Gasteiger partial charge < -0.3 is 16.0 Å². The minimum absolute atomic E-state index is 0. The predicted octanol–water partition coefficient (Wildman–Crippen LogP) is 2.73. The first-order chi connectivity index (χ1) is 12.1. The molecule has 0 spiro atoms. The van der Waals surface area contributed by atoms with E-state index >= 15 is 0 Å². The molecule has 3 rings (SSSR count). The van der Waals surface area contributed by atoms with E-state index in [0.29, 0.717) is 17.8 Å². The van der Waals surface area contributed by atoms with E-state index in [0.717, 1.165) is 25.1 Å². The lowest BCUT2D eigenvalue weighted by Gasteiger charge is -2.10. The Balaban J connectivity index is 0.00000243. The molecular formula is C19H21ClFN3O2. The number of rotatable bonds is 5. The lowest BCUT2D eigenvalue weighted by atomic mass is 10.1. The summed E-state index contributed by atoms with van der Waals surface area (Å²) in [7, 11) is 0. The van der Waals surface area contributed by atoms with E-state index in [1.54, 1.807) is 12.1 Å². The molecule has 1 aliphatic rings. The Morgan fingerprint density at radius 2 is 1.77 bits per heavy atom. The van der Waals surface area contributed by atoms with Crippen LogP contribution < -0.4 is 16.0 Å². The third-order valence-electron chi connectivity index (χ3n) is 4.22. The molecule has 1 heterocycles. The second kappa shape index (κ2) is 9.31. The minimum Gasteiger partial charge on any atom is -0.352 e. The molecule has 1 fully saturated rings. The van der Waals surface area contributed by atoms with Gasteiger partial charge in [0.05, 0.1) is 5.92 Å². The van der Waals surface area contributed by atoms with E-state index in [9.17, 15) is 14.0 Å². The minimum atomic E-state index is -0.378. The van der Waals surface area contributed by atoms with E-state index in [1.165, 1.54) is 24.3 Å². The maximum absolute atomic E-state index is 12.9. The SMILES string of the molecule is Cl.O=C(Nc1ccc(CNC(=O)C2CCNC2)cc1)c1ccc(F)cc1. The summed E-state index contributed by atoms with van der Waals surface area (Å²) in [5.41, 5.74) is 1.99. The number of amides is 2. The molecule has 1 atom stereocenters. The summed E-state index contributed by atoms with van der Waals surface area (Å²) >= 11 is 0. The average Bonchev–Trinajstić information content (AvgIpc) is 3.16. The second-order valence-electron chi connectivity index (χ2n) is 6.07. The van der Waals surface area contributed by atoms with Crippen LogP contribution in [0.4, 0.5) is 10.1 Å². The fraction of sp³-hybridized carbons (Fsp3) is 0.263. The van der Waals surface area contributed by atoms with Crippen molar-refractivity contribution in [2.75, 3.05) is 18.4 Å². The highest BCUT2D eigenvalue weighted by atomic mass is 35.5. The highest BCUT2D eigenvalue weighted by Crippen LogP contribution is 2.13. The van der Waals surface area contributed by atoms with Crippen LogP contribution in [-0.4, -0.2) is 24.9 Å². The smallest absolute Gasteiger partial charge is 0.255 e. The molecule has 1 unspecified atom stereocenters. The van der Waals surface area contributed by atoms with Crippen LogP contribution in [0.5, 0.6) is 0 Å². The molecular weight excluding hydrogens is 357 g/mol. The van der Waals surface area contributed by atoms with Gasteiger partial charge in [0.25, 0.3) is 5.91 Å². The summed E-state index contributed by atoms with van der Waals surface area (Å²) in [6.07, 6.45) is 0.875. The molecule has 0 saturated carbocycles. The van der Waals surface area contributed by atoms with E-state index < -0.39 is 0 Å². The highest BCUT2D eigenvalue weighted by Gasteiger charge is 2.21. The Morgan fingerprint density at radius 1 is 1.08 bits per heavy atom. The van der Waals surface area contributed by atoms with Crippen LogP contribution in [0.3, 0.4) is 0 Å². The Hall–Kier alpha value is -2.44. The number of hydrogen-bond donors (Lipinski definition) is 3. The van der Waals surface area contributed by atoms with Crippen LogP contribution in [0.25, 0.3) is 0 Å². The maximum Gasteiger partial charge on any atom is 0.255 e. The van der Waals surface area contributed by atoms with Crippen LogP contribution in [0, 0.1) is 11.7 Å². The number of carbonyl (C=O) groups is 2. The van der Waals surface area contributed by atoms with Gasteiger partial charge in [0.1, 0.15) is 5.82 Å². The van der Waals surface area contributed by atoms with Gasteiger partial charge in [0.2, 0.25) is 5.91 Å². The van der Waals surface area contributed by atoms with Gasteiger partial charge in [-0.3, -0.25) is 9.59 Å². The van der Waals surface area contributed by atoms with Crippen molar-refractivity contribution in [1.29, 1.82) is 0 Å². The largest absolute Gasteiger partial charge is 0.352 e. The monoisotopic (exact) mass is 377 g/mol. The number of carbonyl (C=O) groups excluding carboxylic acids is 2. The van der Waals surface area contributed by atoms with Crippen LogP contribution in [0.1, 0.15) is 22.3 Å². The first-order valence-corrected chi connectivity index (χ1v) is 8.26. The lowest BCUT2D eigenvalue weighted by Crippen LogP contribution is -2.31. The summed E-state index contributed by atoms with van der Waals surface area (Å²) in [4.78, 5) is 24.1. The van der Waals surface area contributed by atoms with Gasteiger partial charge in [-0.05, 0) is 54.9 Å². The first-order valence-electron chi connectivity index (χ1n) is 8.26. The Bertz CT molecular complexity index is 744. The van der Waals surface area contributed by atoms with Crippen molar-refractivity contribution < 1.29 is 14.0 Å². The summed E-state index contributed by atoms with van der Waals surface area (Å²) in [6, 6.07) is 12.6. The summed E-state index contributed by atoms with van der Waals surface area (Å²) < 4.78 is 12.9. The molecule has 1 aliphatic heterocycles. The van der Waals surface area contributed by atoms with Gasteiger partial charge in [0.15, 0.2) is 0 Å². The zero-order valence-electron chi connectivity index (χ0n) is 14.1. The quantitative estimate of drug-likeness (QED) is 0.750. The maximum atomic E-state index is 12.9. The van der Waals surface area contributed by atoms with Gasteiger partial charge in [-0.2, -0.15) is 0 Å². The normalized spacial score (nSPS) is 15.8. The van der Waals surface area contributed by atoms with Crippen molar-refractivity contribution in [3.05, 3.63) is 65.5 Å². The molecule has 0 aromatic heterocycles. The van der Waals surface area contributed by atoms with Crippen LogP contribution in [0.2, 0.25) is 0 Å². The van der Waals surface area contributed by atoms with Gasteiger partial charge in [-0.1, -0.05) is 12.1 Å². The first kappa shape index (κ1) is 19.9. The van der Waals surface area contributed by atoms with Crippen molar-refractivity contribution in [3.63, 3.8) is 0 Å². The van der Waals surface area contributed by atoms with Gasteiger partial charge in [-0.25, -0.2) is 4.39 Å². The second-order valence-corrected chi connectivity index (χ2v) is 6.07. The van der Waals surface area contributed by atoms with Crippen molar-refractivity contribution in [2.45, 2.75) is 13.0 Å². The Morgan fingerprint density at radius 3 is 2.38 bits per heavy atom. The molecule has 0 radical (unpaired) electrons. The van der Waals surface area contributed by atoms with Gasteiger partial charge in [0, 0.05) is 24.3 Å². The zero-order valence-corrected chi connectivity index (χ0v) is 14.9. The third kappa shape index (κ3) is 5.28. The van der Waals surface area contributed by atoms with E-state index in [2.05, 4.69) is 16.0 Å². The molecule has 0 bridgehead atoms. The van der Waals surface area contributed by atoms with Crippen LogP contribution in [-0.2, 0) is 11.3 Å². The van der Waals surface area contributed by atoms with Crippen molar-refractivity contribution in [3.8, 4) is 0 Å². The molecule has 26 heavy (non-hydrogen) atoms. The summed E-state index contributed by atoms with van der Waals surface area (Å²) in [5, 5.41) is 8.86. The van der Waals surface area contributed by atoms with E-state index in [1.807, 2.05) is 12.1 Å². The van der Waals surface area contributed by atoms with Crippen LogP contribution >= 0.6 is 12.4 Å². The molecule has 0 aliphatic carbocycles. The number of hydrogen-bond acceptors (Lipinski definition) is 3. The predicted molar refractivity (Wildman–Crippen MR) is 101 cm³/mol.